The van der Waals surface area contributed by atoms with Crippen molar-refractivity contribution in [3.8, 4) is 0 Å². The van der Waals surface area contributed by atoms with Gasteiger partial charge < -0.3 is 9.80 Å². The van der Waals surface area contributed by atoms with Crippen molar-refractivity contribution < 1.29 is 13.2 Å². The fraction of sp³-hybridized carbons (Fsp3) is 0.417. The molecule has 0 unspecified atom stereocenters. The van der Waals surface area contributed by atoms with Crippen LogP contribution in [0.15, 0.2) is 53.5 Å². The molecule has 2 fully saturated rings. The molecule has 170 valence electrons. The summed E-state index contributed by atoms with van der Waals surface area (Å²) in [4.78, 5) is 21.4. The predicted octanol–water partition coefficient (Wildman–Crippen LogP) is 3.69. The normalized spacial score (nSPS) is 22.8. The van der Waals surface area contributed by atoms with Crippen LogP contribution in [0.25, 0.3) is 0 Å². The van der Waals surface area contributed by atoms with Crippen LogP contribution < -0.4 is 9.80 Å². The molecule has 2 atom stereocenters. The molecule has 0 saturated carbocycles. The second kappa shape index (κ2) is 9.27. The first kappa shape index (κ1) is 22.9. The molecule has 2 aliphatic rings. The van der Waals surface area contributed by atoms with Crippen LogP contribution in [0.5, 0.6) is 0 Å². The molecule has 2 aliphatic heterocycles. The van der Waals surface area contributed by atoms with Crippen molar-refractivity contribution in [3.63, 3.8) is 0 Å². The van der Waals surface area contributed by atoms with E-state index in [1.807, 2.05) is 48.2 Å². The van der Waals surface area contributed by atoms with Gasteiger partial charge in [0.25, 0.3) is 5.91 Å². The van der Waals surface area contributed by atoms with Crippen LogP contribution in [0.1, 0.15) is 25.0 Å². The molecule has 8 heteroatoms. The number of hydrogen-bond acceptors (Lipinski definition) is 5. The number of aryl methyl sites for hydroxylation is 1. The third-order valence-corrected chi connectivity index (χ3v) is 9.19. The van der Waals surface area contributed by atoms with Crippen LogP contribution in [0.2, 0.25) is 0 Å². The van der Waals surface area contributed by atoms with Crippen LogP contribution in [0.3, 0.4) is 0 Å². The minimum Gasteiger partial charge on any atom is -0.372 e. The molecule has 0 bridgehead atoms. The number of benzene rings is 2. The first-order chi connectivity index (χ1) is 15.3. The van der Waals surface area contributed by atoms with E-state index in [2.05, 4.69) is 35.9 Å². The van der Waals surface area contributed by atoms with E-state index in [4.69, 9.17) is 0 Å². The summed E-state index contributed by atoms with van der Waals surface area (Å²) in [6.45, 7) is 8.06. The van der Waals surface area contributed by atoms with Crippen LogP contribution in [0, 0.1) is 6.92 Å². The maximum atomic E-state index is 12.8. The summed E-state index contributed by atoms with van der Waals surface area (Å²) < 4.78 is 24.6. The van der Waals surface area contributed by atoms with Gasteiger partial charge in [-0.1, -0.05) is 41.6 Å². The second-order valence-corrected chi connectivity index (χ2v) is 11.7. The van der Waals surface area contributed by atoms with E-state index in [0.717, 1.165) is 35.6 Å². The van der Waals surface area contributed by atoms with Gasteiger partial charge in [-0.3, -0.25) is 4.79 Å². The van der Waals surface area contributed by atoms with E-state index in [-0.39, 0.29) is 35.1 Å². The molecule has 0 N–H and O–H groups in total. The van der Waals surface area contributed by atoms with Gasteiger partial charge in [-0.2, -0.15) is 4.99 Å². The summed E-state index contributed by atoms with van der Waals surface area (Å²) in [7, 11) is -3.09. The van der Waals surface area contributed by atoms with Gasteiger partial charge in [-0.05, 0) is 50.6 Å². The van der Waals surface area contributed by atoms with Gasteiger partial charge in [0.15, 0.2) is 15.0 Å². The molecule has 2 aromatic rings. The topological polar surface area (TPSA) is 70.0 Å². The summed E-state index contributed by atoms with van der Waals surface area (Å²) in [5.74, 6) is 0.000318. The smallest absolute Gasteiger partial charge is 0.252 e. The Morgan fingerprint density at radius 2 is 1.84 bits per heavy atom. The Morgan fingerprint density at radius 1 is 1.12 bits per heavy atom. The molecule has 2 heterocycles. The zero-order valence-electron chi connectivity index (χ0n) is 18.7. The first-order valence-electron chi connectivity index (χ1n) is 11.0. The minimum absolute atomic E-state index is 0.0908. The predicted molar refractivity (Wildman–Crippen MR) is 134 cm³/mol. The van der Waals surface area contributed by atoms with Crippen molar-refractivity contribution in [2.24, 2.45) is 4.99 Å². The molecule has 2 saturated heterocycles. The molecular formula is C24H29N3O3S2. The van der Waals surface area contributed by atoms with Gasteiger partial charge in [0.1, 0.15) is 0 Å². The number of thioether (sulfide) groups is 1. The average molecular weight is 472 g/mol. The quantitative estimate of drug-likeness (QED) is 0.640. The number of rotatable bonds is 6. The fourth-order valence-electron chi connectivity index (χ4n) is 4.42. The maximum absolute atomic E-state index is 12.8. The maximum Gasteiger partial charge on any atom is 0.252 e. The van der Waals surface area contributed by atoms with Crippen molar-refractivity contribution in [2.45, 2.75) is 38.5 Å². The summed E-state index contributed by atoms with van der Waals surface area (Å²) >= 11 is 1.41. The summed E-state index contributed by atoms with van der Waals surface area (Å²) in [5, 5.41) is 0.496. The lowest BCUT2D eigenvalue weighted by Gasteiger charge is -2.26. The van der Waals surface area contributed by atoms with Crippen molar-refractivity contribution in [3.05, 3.63) is 59.7 Å². The number of fused-ring (bicyclic) bond motifs is 1. The zero-order chi connectivity index (χ0) is 22.9. The Labute approximate surface area is 194 Å². The molecule has 0 aromatic heterocycles. The molecule has 32 heavy (non-hydrogen) atoms. The monoisotopic (exact) mass is 471 g/mol. The number of amidine groups is 1. The third kappa shape index (κ3) is 4.86. The fourth-order valence-corrected chi connectivity index (χ4v) is 8.35. The molecule has 0 radical (unpaired) electrons. The number of nitrogens with zero attached hydrogens (tertiary/aromatic N) is 3. The standard InChI is InChI=1S/C24H29N3O3S2/c1-4-26(5-2)19-9-11-20(12-10-19)27-21-15-32(29,30)16-22(21)31-24(27)25-23(28)14-18-8-6-7-17(3)13-18/h6-13,21-22H,4-5,14-16H2,1-3H3/t21-,22-/m1/s1. The van der Waals surface area contributed by atoms with Crippen LogP contribution in [0.4, 0.5) is 11.4 Å². The van der Waals surface area contributed by atoms with Crippen LogP contribution in [-0.4, -0.2) is 55.4 Å². The highest BCUT2D eigenvalue weighted by Crippen LogP contribution is 2.41. The number of amides is 1. The largest absolute Gasteiger partial charge is 0.372 e. The lowest BCUT2D eigenvalue weighted by atomic mass is 10.1. The number of carbonyl (C=O) groups excluding carboxylic acids is 1. The first-order valence-corrected chi connectivity index (χ1v) is 13.7. The average Bonchev–Trinajstić information content (AvgIpc) is 3.20. The third-order valence-electron chi connectivity index (χ3n) is 5.98. The lowest BCUT2D eigenvalue weighted by Crippen LogP contribution is -2.37. The number of hydrogen-bond donors (Lipinski definition) is 0. The van der Waals surface area contributed by atoms with E-state index in [0.29, 0.717) is 5.17 Å². The molecule has 2 aromatic carbocycles. The Kier molecular flexibility index (Phi) is 6.62. The van der Waals surface area contributed by atoms with Crippen molar-refractivity contribution in [1.82, 2.24) is 0 Å². The number of anilines is 2. The van der Waals surface area contributed by atoms with E-state index in [1.54, 1.807) is 0 Å². The Morgan fingerprint density at radius 3 is 2.50 bits per heavy atom. The van der Waals surface area contributed by atoms with E-state index >= 15 is 0 Å². The molecule has 0 spiro atoms. The van der Waals surface area contributed by atoms with Gasteiger partial charge in [0, 0.05) is 29.7 Å². The summed E-state index contributed by atoms with van der Waals surface area (Å²) in [6, 6.07) is 15.8. The molecule has 1 amide bonds. The van der Waals surface area contributed by atoms with E-state index in [1.165, 1.54) is 11.8 Å². The Balaban J connectivity index is 1.62. The van der Waals surface area contributed by atoms with Crippen molar-refractivity contribution in [1.29, 1.82) is 0 Å². The molecule has 4 rings (SSSR count). The molecule has 0 aliphatic carbocycles. The van der Waals surface area contributed by atoms with Gasteiger partial charge in [0.05, 0.1) is 24.0 Å². The zero-order valence-corrected chi connectivity index (χ0v) is 20.3. The highest BCUT2D eigenvalue weighted by atomic mass is 32.2. The Hall–Kier alpha value is -2.32. The number of sulfone groups is 1. The second-order valence-electron chi connectivity index (χ2n) is 8.31. The number of aliphatic imine (C=N–C) groups is 1. The SMILES string of the molecule is CCN(CC)c1ccc(N2C(=NC(=O)Cc3cccc(C)c3)S[C@@H]3CS(=O)(=O)C[C@H]32)cc1. The van der Waals surface area contributed by atoms with Crippen molar-refractivity contribution >= 4 is 44.0 Å². The van der Waals surface area contributed by atoms with E-state index < -0.39 is 9.84 Å². The van der Waals surface area contributed by atoms with Gasteiger partial charge in [0.2, 0.25) is 0 Å². The van der Waals surface area contributed by atoms with Gasteiger partial charge in [-0.25, -0.2) is 8.42 Å². The highest BCUT2D eigenvalue weighted by molar-refractivity contribution is 8.16. The summed E-state index contributed by atoms with van der Waals surface area (Å²) in [5.41, 5.74) is 4.03. The number of carbonyl (C=O) groups is 1. The minimum atomic E-state index is -3.09. The van der Waals surface area contributed by atoms with E-state index in [9.17, 15) is 13.2 Å². The highest BCUT2D eigenvalue weighted by Gasteiger charge is 2.49. The van der Waals surface area contributed by atoms with Gasteiger partial charge >= 0.3 is 0 Å². The van der Waals surface area contributed by atoms with Crippen molar-refractivity contribution in [2.75, 3.05) is 34.4 Å². The summed E-state index contributed by atoms with van der Waals surface area (Å²) in [6.07, 6.45) is 0.230. The van der Waals surface area contributed by atoms with Gasteiger partial charge in [-0.15, -0.1) is 0 Å². The Bertz CT molecular complexity index is 1130. The lowest BCUT2D eigenvalue weighted by molar-refractivity contribution is -0.117. The van der Waals surface area contributed by atoms with Crippen LogP contribution in [-0.2, 0) is 21.1 Å². The van der Waals surface area contributed by atoms with Crippen LogP contribution >= 0.6 is 11.8 Å². The molecule has 6 nitrogen and oxygen atoms in total. The molecular weight excluding hydrogens is 442 g/mol.